The van der Waals surface area contributed by atoms with Gasteiger partial charge < -0.3 is 9.64 Å². The first-order valence-electron chi connectivity index (χ1n) is 12.6. The van der Waals surface area contributed by atoms with E-state index in [1.54, 1.807) is 6.92 Å². The number of rotatable bonds is 6. The van der Waals surface area contributed by atoms with Crippen LogP contribution >= 0.6 is 0 Å². The van der Waals surface area contributed by atoms with Gasteiger partial charge in [-0.15, -0.1) is 0 Å². The molecule has 0 spiro atoms. The Labute approximate surface area is 213 Å². The average Bonchev–Trinajstić information content (AvgIpc) is 3.18. The van der Waals surface area contributed by atoms with E-state index in [0.29, 0.717) is 37.4 Å². The van der Waals surface area contributed by atoms with Crippen LogP contribution in [-0.4, -0.2) is 40.3 Å². The van der Waals surface area contributed by atoms with Crippen molar-refractivity contribution in [2.45, 2.75) is 66.0 Å². The highest BCUT2D eigenvalue weighted by molar-refractivity contribution is 5.78. The molecule has 1 saturated heterocycles. The third-order valence-corrected chi connectivity index (χ3v) is 7.23. The van der Waals surface area contributed by atoms with Crippen molar-refractivity contribution in [1.29, 1.82) is 0 Å². The van der Waals surface area contributed by atoms with Crippen molar-refractivity contribution in [1.82, 2.24) is 14.6 Å². The molecule has 0 unspecified atom stereocenters. The summed E-state index contributed by atoms with van der Waals surface area (Å²) in [5, 5.41) is 4.53. The first-order chi connectivity index (χ1) is 17.4. The molecule has 1 atom stereocenters. The zero-order valence-electron chi connectivity index (χ0n) is 21.7. The molecule has 0 saturated carbocycles. The lowest BCUT2D eigenvalue weighted by atomic mass is 9.77. The Bertz CT molecular complexity index is 1300. The van der Waals surface area contributed by atoms with Gasteiger partial charge in [0.05, 0.1) is 17.6 Å². The largest absolute Gasteiger partial charge is 0.466 e. The van der Waals surface area contributed by atoms with Crippen LogP contribution in [0.3, 0.4) is 0 Å². The average molecular weight is 521 g/mol. The van der Waals surface area contributed by atoms with E-state index in [2.05, 4.69) is 15.0 Å². The maximum absolute atomic E-state index is 15.7. The third-order valence-electron chi connectivity index (χ3n) is 7.23. The minimum Gasteiger partial charge on any atom is -0.466 e. The number of halogens is 4. The number of fused-ring (bicyclic) bond motifs is 1. The summed E-state index contributed by atoms with van der Waals surface area (Å²) >= 11 is 0. The molecular weight excluding hydrogens is 488 g/mol. The molecule has 1 fully saturated rings. The summed E-state index contributed by atoms with van der Waals surface area (Å²) < 4.78 is 61.7. The molecular formula is C27H32F4N4O2. The zero-order valence-corrected chi connectivity index (χ0v) is 21.7. The Hall–Kier alpha value is -3.17. The molecule has 3 aromatic rings. The fraction of sp³-hybridized carbons (Fsp3) is 0.519. The van der Waals surface area contributed by atoms with Crippen LogP contribution in [-0.2, 0) is 15.7 Å². The second-order valence-corrected chi connectivity index (χ2v) is 9.94. The van der Waals surface area contributed by atoms with Gasteiger partial charge in [-0.1, -0.05) is 32.9 Å². The predicted octanol–water partition coefficient (Wildman–Crippen LogP) is 6.55. The number of piperidine rings is 1. The number of anilines is 1. The molecule has 0 aliphatic carbocycles. The summed E-state index contributed by atoms with van der Waals surface area (Å²) in [4.78, 5) is 19.6. The number of esters is 1. The van der Waals surface area contributed by atoms with Gasteiger partial charge in [0, 0.05) is 29.9 Å². The Kier molecular flexibility index (Phi) is 7.23. The van der Waals surface area contributed by atoms with Crippen LogP contribution in [0.5, 0.6) is 0 Å². The Morgan fingerprint density at radius 2 is 1.86 bits per heavy atom. The van der Waals surface area contributed by atoms with Crippen molar-refractivity contribution >= 4 is 17.4 Å². The fourth-order valence-electron chi connectivity index (χ4n) is 5.31. The second kappa shape index (κ2) is 9.95. The highest BCUT2D eigenvalue weighted by atomic mass is 19.4. The van der Waals surface area contributed by atoms with Gasteiger partial charge >= 0.3 is 12.1 Å². The molecule has 1 aromatic carbocycles. The minimum atomic E-state index is -4.49. The van der Waals surface area contributed by atoms with Gasteiger partial charge in [0.25, 0.3) is 0 Å². The predicted molar refractivity (Wildman–Crippen MR) is 133 cm³/mol. The van der Waals surface area contributed by atoms with Crippen molar-refractivity contribution in [3.05, 3.63) is 46.9 Å². The van der Waals surface area contributed by atoms with Gasteiger partial charge in [0.2, 0.25) is 0 Å². The van der Waals surface area contributed by atoms with Crippen LogP contribution in [0.25, 0.3) is 16.9 Å². The zero-order chi connectivity index (χ0) is 27.1. The molecule has 3 heterocycles. The smallest absolute Gasteiger partial charge is 0.416 e. The Balaban J connectivity index is 1.88. The number of hydrogen-bond donors (Lipinski definition) is 0. The molecule has 0 N–H and O–H groups in total. The summed E-state index contributed by atoms with van der Waals surface area (Å²) in [7, 11) is 0. The van der Waals surface area contributed by atoms with Crippen molar-refractivity contribution in [2.24, 2.45) is 5.41 Å². The van der Waals surface area contributed by atoms with Crippen LogP contribution in [0, 0.1) is 18.2 Å². The molecule has 6 nitrogen and oxygen atoms in total. The fourth-order valence-corrected chi connectivity index (χ4v) is 5.31. The second-order valence-electron chi connectivity index (χ2n) is 9.94. The Morgan fingerprint density at radius 1 is 1.19 bits per heavy atom. The van der Waals surface area contributed by atoms with E-state index in [4.69, 9.17) is 4.74 Å². The van der Waals surface area contributed by atoms with Gasteiger partial charge in [-0.2, -0.15) is 22.8 Å². The van der Waals surface area contributed by atoms with Crippen LogP contribution in [0.1, 0.15) is 69.7 Å². The standard InChI is InChI=1S/C27H32F4N4O2/c1-6-26(25(36)37-7-2)13-8-14-34(15-26)24-20(16(3)4)17(5)32-23-21(28)22(33-35(23)24)18-9-11-19(12-10-18)27(29,30)31/h9-12,16H,6-8,13-15H2,1-5H3/t26-/m0/s1. The van der Waals surface area contributed by atoms with Gasteiger partial charge in [-0.25, -0.2) is 9.37 Å². The van der Waals surface area contributed by atoms with Crippen molar-refractivity contribution in [2.75, 3.05) is 24.6 Å². The molecule has 0 bridgehead atoms. The Morgan fingerprint density at radius 3 is 2.43 bits per heavy atom. The summed E-state index contributed by atoms with van der Waals surface area (Å²) in [6, 6.07) is 4.26. The van der Waals surface area contributed by atoms with E-state index in [9.17, 15) is 18.0 Å². The highest BCUT2D eigenvalue weighted by Crippen LogP contribution is 2.41. The number of aryl methyl sites for hydroxylation is 1. The van der Waals surface area contributed by atoms with E-state index in [1.807, 2.05) is 27.7 Å². The number of aromatic nitrogens is 3. The van der Waals surface area contributed by atoms with Gasteiger partial charge in [-0.3, -0.25) is 4.79 Å². The molecule has 10 heteroatoms. The maximum atomic E-state index is 15.7. The number of nitrogens with zero attached hydrogens (tertiary/aromatic N) is 4. The van der Waals surface area contributed by atoms with Crippen LogP contribution in [0.15, 0.2) is 24.3 Å². The molecule has 37 heavy (non-hydrogen) atoms. The van der Waals surface area contributed by atoms with Crippen LogP contribution in [0.2, 0.25) is 0 Å². The van der Waals surface area contributed by atoms with Gasteiger partial charge in [-0.05, 0) is 51.2 Å². The number of carbonyl (C=O) groups excluding carboxylic acids is 1. The van der Waals surface area contributed by atoms with Gasteiger partial charge in [0.15, 0.2) is 11.5 Å². The number of benzene rings is 1. The van der Waals surface area contributed by atoms with Crippen molar-refractivity contribution in [3.8, 4) is 11.3 Å². The molecule has 0 radical (unpaired) electrons. The topological polar surface area (TPSA) is 59.7 Å². The summed E-state index contributed by atoms with van der Waals surface area (Å²) in [5.74, 6) is -0.276. The number of hydrogen-bond acceptors (Lipinski definition) is 5. The lowest BCUT2D eigenvalue weighted by Gasteiger charge is -2.42. The van der Waals surface area contributed by atoms with Gasteiger partial charge in [0.1, 0.15) is 11.5 Å². The van der Waals surface area contributed by atoms with Crippen LogP contribution in [0.4, 0.5) is 23.4 Å². The van der Waals surface area contributed by atoms with E-state index in [0.717, 1.165) is 24.1 Å². The minimum absolute atomic E-state index is 0.00407. The van der Waals surface area contributed by atoms with Crippen molar-refractivity contribution < 1.29 is 27.1 Å². The van der Waals surface area contributed by atoms with Crippen molar-refractivity contribution in [3.63, 3.8) is 0 Å². The molecule has 1 aliphatic heterocycles. The normalized spacial score (nSPS) is 18.6. The summed E-state index contributed by atoms with van der Waals surface area (Å²) in [6.07, 6.45) is -2.47. The van der Waals surface area contributed by atoms with E-state index < -0.39 is 23.0 Å². The molecule has 0 amide bonds. The summed E-state index contributed by atoms with van der Waals surface area (Å²) in [6.45, 7) is 10.9. The first kappa shape index (κ1) is 26.9. The summed E-state index contributed by atoms with van der Waals surface area (Å²) in [5.41, 5.74) is 0.138. The van der Waals surface area contributed by atoms with Crippen LogP contribution < -0.4 is 4.90 Å². The third kappa shape index (κ3) is 4.78. The number of alkyl halides is 3. The number of carbonyl (C=O) groups is 1. The molecule has 1 aliphatic rings. The quantitative estimate of drug-likeness (QED) is 0.273. The first-order valence-corrected chi connectivity index (χ1v) is 12.6. The molecule has 200 valence electrons. The lowest BCUT2D eigenvalue weighted by Crippen LogP contribution is -2.49. The van der Waals surface area contributed by atoms with E-state index in [-0.39, 0.29) is 35.4 Å². The SMILES string of the molecule is CCOC(=O)[C@@]1(CC)CCCN(c2c(C(C)C)c(C)nc3c(F)c(-c4ccc(C(F)(F)F)cc4)nn23)C1. The monoisotopic (exact) mass is 520 g/mol. The highest BCUT2D eigenvalue weighted by Gasteiger charge is 2.43. The molecule has 2 aromatic heterocycles. The number of ether oxygens (including phenoxy) is 1. The maximum Gasteiger partial charge on any atom is 0.416 e. The van der Waals surface area contributed by atoms with E-state index in [1.165, 1.54) is 16.6 Å². The molecule has 4 rings (SSSR count). The van der Waals surface area contributed by atoms with E-state index >= 15 is 4.39 Å². The lowest BCUT2D eigenvalue weighted by molar-refractivity contribution is -0.156.